The number of aliphatic imine (C=N–C) groups is 1. The minimum atomic E-state index is 0.526. The number of ether oxygens (including phenoxy) is 2. The number of aryl methyl sites for hydroxylation is 1. The lowest BCUT2D eigenvalue weighted by Gasteiger charge is -2.13. The Hall–Kier alpha value is -2.77. The van der Waals surface area contributed by atoms with Gasteiger partial charge in [-0.3, -0.25) is 0 Å². The topological polar surface area (TPSA) is 85.6 Å². The molecule has 0 spiro atoms. The molecule has 0 unspecified atom stereocenters. The minimum Gasteiger partial charge on any atom is -0.493 e. The Bertz CT molecular complexity index is 817. The number of nitrogens with zero attached hydrogens (tertiary/aromatic N) is 4. The molecule has 29 heavy (non-hydrogen) atoms. The number of aromatic nitrogens is 3. The van der Waals surface area contributed by atoms with E-state index in [1.807, 2.05) is 12.1 Å². The molecular weight excluding hydrogens is 368 g/mol. The van der Waals surface area contributed by atoms with Gasteiger partial charge in [0.05, 0.1) is 14.2 Å². The summed E-state index contributed by atoms with van der Waals surface area (Å²) in [5.41, 5.74) is 1.17. The summed E-state index contributed by atoms with van der Waals surface area (Å²) in [6.07, 6.45) is 5.50. The summed E-state index contributed by atoms with van der Waals surface area (Å²) >= 11 is 0. The summed E-state index contributed by atoms with van der Waals surface area (Å²) in [6.45, 7) is 5.16. The smallest absolute Gasteiger partial charge is 0.191 e. The van der Waals surface area contributed by atoms with Gasteiger partial charge in [-0.15, -0.1) is 10.2 Å². The Morgan fingerprint density at radius 3 is 2.76 bits per heavy atom. The number of hydrogen-bond acceptors (Lipinski definition) is 5. The number of methoxy groups -OCH3 is 2. The Kier molecular flexibility index (Phi) is 7.72. The third-order valence-corrected chi connectivity index (χ3v) is 5.06. The van der Waals surface area contributed by atoms with Gasteiger partial charge in [0.2, 0.25) is 0 Å². The van der Waals surface area contributed by atoms with E-state index in [0.29, 0.717) is 6.54 Å². The van der Waals surface area contributed by atoms with Gasteiger partial charge in [-0.2, -0.15) is 0 Å². The second-order valence-electron chi connectivity index (χ2n) is 7.06. The molecule has 2 heterocycles. The van der Waals surface area contributed by atoms with Crippen molar-refractivity contribution in [1.29, 1.82) is 0 Å². The molecule has 0 fully saturated rings. The first-order valence-corrected chi connectivity index (χ1v) is 10.4. The SMILES string of the molecule is CCNC(=NCc1nnc2n1CCCCC2)NCCc1ccc(OC)c(OC)c1. The number of guanidine groups is 1. The zero-order valence-corrected chi connectivity index (χ0v) is 17.7. The summed E-state index contributed by atoms with van der Waals surface area (Å²) in [4.78, 5) is 4.71. The van der Waals surface area contributed by atoms with Crippen LogP contribution in [0.25, 0.3) is 0 Å². The van der Waals surface area contributed by atoms with Crippen LogP contribution in [0.5, 0.6) is 11.5 Å². The summed E-state index contributed by atoms with van der Waals surface area (Å²) in [5.74, 6) is 4.32. The van der Waals surface area contributed by atoms with Gasteiger partial charge in [-0.05, 0) is 43.9 Å². The Labute approximate surface area is 172 Å². The van der Waals surface area contributed by atoms with Gasteiger partial charge in [-0.25, -0.2) is 4.99 Å². The molecule has 1 aliphatic heterocycles. The molecule has 8 nitrogen and oxygen atoms in total. The summed E-state index contributed by atoms with van der Waals surface area (Å²) < 4.78 is 12.9. The minimum absolute atomic E-state index is 0.526. The zero-order valence-electron chi connectivity index (χ0n) is 17.7. The number of nitrogens with one attached hydrogen (secondary N) is 2. The van der Waals surface area contributed by atoms with Crippen molar-refractivity contribution < 1.29 is 9.47 Å². The van der Waals surface area contributed by atoms with Crippen molar-refractivity contribution in [2.75, 3.05) is 27.3 Å². The molecule has 0 bridgehead atoms. The largest absolute Gasteiger partial charge is 0.493 e. The molecule has 8 heteroatoms. The van der Waals surface area contributed by atoms with E-state index in [2.05, 4.69) is 38.4 Å². The summed E-state index contributed by atoms with van der Waals surface area (Å²) in [7, 11) is 3.30. The number of fused-ring (bicyclic) bond motifs is 1. The van der Waals surface area contributed by atoms with E-state index in [1.54, 1.807) is 14.2 Å². The molecule has 0 radical (unpaired) electrons. The standard InChI is InChI=1S/C21H32N6O2/c1-4-22-21(23-12-11-16-9-10-17(28-2)18(14-16)29-3)24-15-20-26-25-19-8-6-5-7-13-27(19)20/h9-10,14H,4-8,11-13,15H2,1-3H3,(H2,22,23,24). The van der Waals surface area contributed by atoms with Crippen molar-refractivity contribution in [3.05, 3.63) is 35.4 Å². The fourth-order valence-corrected chi connectivity index (χ4v) is 3.52. The van der Waals surface area contributed by atoms with Crippen LogP contribution in [0.4, 0.5) is 0 Å². The van der Waals surface area contributed by atoms with Crippen LogP contribution < -0.4 is 20.1 Å². The van der Waals surface area contributed by atoms with Crippen molar-refractivity contribution in [2.45, 2.75) is 52.1 Å². The lowest BCUT2D eigenvalue weighted by Crippen LogP contribution is -2.38. The molecule has 1 aromatic heterocycles. The fraction of sp³-hybridized carbons (Fsp3) is 0.571. The maximum Gasteiger partial charge on any atom is 0.191 e. The van der Waals surface area contributed by atoms with E-state index in [9.17, 15) is 0 Å². The lowest BCUT2D eigenvalue weighted by molar-refractivity contribution is 0.354. The van der Waals surface area contributed by atoms with E-state index >= 15 is 0 Å². The summed E-state index contributed by atoms with van der Waals surface area (Å²) in [6, 6.07) is 6.00. The highest BCUT2D eigenvalue weighted by Crippen LogP contribution is 2.27. The van der Waals surface area contributed by atoms with Crippen LogP contribution in [0.2, 0.25) is 0 Å². The number of rotatable bonds is 8. The quantitative estimate of drug-likeness (QED) is 0.522. The average molecular weight is 401 g/mol. The van der Waals surface area contributed by atoms with E-state index < -0.39 is 0 Å². The van der Waals surface area contributed by atoms with E-state index in [0.717, 1.165) is 61.6 Å². The van der Waals surface area contributed by atoms with Crippen LogP contribution in [0.1, 0.15) is 43.4 Å². The highest BCUT2D eigenvalue weighted by Gasteiger charge is 2.14. The van der Waals surface area contributed by atoms with Gasteiger partial charge < -0.3 is 24.7 Å². The van der Waals surface area contributed by atoms with Crippen molar-refractivity contribution in [3.63, 3.8) is 0 Å². The van der Waals surface area contributed by atoms with Gasteiger partial charge >= 0.3 is 0 Å². The predicted molar refractivity (Wildman–Crippen MR) is 114 cm³/mol. The molecule has 1 aliphatic rings. The van der Waals surface area contributed by atoms with Gasteiger partial charge in [0.15, 0.2) is 23.3 Å². The van der Waals surface area contributed by atoms with Crippen molar-refractivity contribution in [2.24, 2.45) is 4.99 Å². The van der Waals surface area contributed by atoms with Crippen molar-refractivity contribution in [1.82, 2.24) is 25.4 Å². The van der Waals surface area contributed by atoms with Crippen LogP contribution in [0.15, 0.2) is 23.2 Å². The van der Waals surface area contributed by atoms with Crippen LogP contribution in [0, 0.1) is 0 Å². The Balaban J connectivity index is 1.58. The maximum absolute atomic E-state index is 5.38. The van der Waals surface area contributed by atoms with Gasteiger partial charge in [-0.1, -0.05) is 12.5 Å². The molecule has 2 N–H and O–H groups in total. The maximum atomic E-state index is 5.38. The highest BCUT2D eigenvalue weighted by molar-refractivity contribution is 5.79. The molecular formula is C21H32N6O2. The van der Waals surface area contributed by atoms with Crippen LogP contribution in [-0.2, 0) is 25.9 Å². The van der Waals surface area contributed by atoms with Gasteiger partial charge in [0, 0.05) is 26.1 Å². The van der Waals surface area contributed by atoms with E-state index in [4.69, 9.17) is 14.5 Å². The monoisotopic (exact) mass is 400 g/mol. The van der Waals surface area contributed by atoms with Crippen LogP contribution in [0.3, 0.4) is 0 Å². The first-order valence-electron chi connectivity index (χ1n) is 10.4. The first-order chi connectivity index (χ1) is 14.2. The first kappa shape index (κ1) is 21.0. The summed E-state index contributed by atoms with van der Waals surface area (Å²) in [5, 5.41) is 15.4. The van der Waals surface area contributed by atoms with Crippen LogP contribution in [-0.4, -0.2) is 48.0 Å². The number of benzene rings is 1. The van der Waals surface area contributed by atoms with Crippen LogP contribution >= 0.6 is 0 Å². The number of hydrogen-bond donors (Lipinski definition) is 2. The van der Waals surface area contributed by atoms with E-state index in [-0.39, 0.29) is 0 Å². The third-order valence-electron chi connectivity index (χ3n) is 5.06. The molecule has 1 aromatic carbocycles. The normalized spacial score (nSPS) is 14.1. The second-order valence-corrected chi connectivity index (χ2v) is 7.06. The molecule has 158 valence electrons. The predicted octanol–water partition coefficient (Wildman–Crippen LogP) is 2.32. The lowest BCUT2D eigenvalue weighted by atomic mass is 10.1. The van der Waals surface area contributed by atoms with E-state index in [1.165, 1.54) is 24.8 Å². The Morgan fingerprint density at radius 1 is 1.10 bits per heavy atom. The average Bonchev–Trinajstić information content (AvgIpc) is 2.97. The van der Waals surface area contributed by atoms with Gasteiger partial charge in [0.1, 0.15) is 12.4 Å². The van der Waals surface area contributed by atoms with Crippen molar-refractivity contribution in [3.8, 4) is 11.5 Å². The van der Waals surface area contributed by atoms with Crippen molar-refractivity contribution >= 4 is 5.96 Å². The molecule has 0 atom stereocenters. The molecule has 0 saturated carbocycles. The molecule has 0 saturated heterocycles. The zero-order chi connectivity index (χ0) is 20.5. The third kappa shape index (κ3) is 5.62. The molecule has 3 rings (SSSR count). The molecule has 0 amide bonds. The molecule has 0 aliphatic carbocycles. The Morgan fingerprint density at radius 2 is 1.97 bits per heavy atom. The molecule has 2 aromatic rings. The highest BCUT2D eigenvalue weighted by atomic mass is 16.5. The second kappa shape index (κ2) is 10.7. The van der Waals surface area contributed by atoms with Gasteiger partial charge in [0.25, 0.3) is 0 Å². The fourth-order valence-electron chi connectivity index (χ4n) is 3.52.